The lowest BCUT2D eigenvalue weighted by atomic mass is 10.2. The first-order chi connectivity index (χ1) is 6.80. The number of rotatable bonds is 2. The number of Topliss-reactive ketones (excluding diaryl/α,β-unsaturated/α-hetero) is 1. The maximum Gasteiger partial charge on any atom is 0.490 e. The van der Waals surface area contributed by atoms with Gasteiger partial charge in [0.2, 0.25) is 0 Å². The van der Waals surface area contributed by atoms with Crippen LogP contribution in [0.1, 0.15) is 19.8 Å². The van der Waals surface area contributed by atoms with Gasteiger partial charge in [0.05, 0.1) is 6.04 Å². The molecule has 0 amide bonds. The summed E-state index contributed by atoms with van der Waals surface area (Å²) in [7, 11) is 0. The van der Waals surface area contributed by atoms with Gasteiger partial charge < -0.3 is 4.74 Å². The summed E-state index contributed by atoms with van der Waals surface area (Å²) in [4.78, 5) is 21.3. The van der Waals surface area contributed by atoms with Gasteiger partial charge >= 0.3 is 12.1 Å². The van der Waals surface area contributed by atoms with E-state index in [0.717, 1.165) is 0 Å². The summed E-state index contributed by atoms with van der Waals surface area (Å²) in [5.74, 6) is -2.41. The van der Waals surface area contributed by atoms with E-state index in [4.69, 9.17) is 0 Å². The molecule has 0 bridgehead atoms. The minimum atomic E-state index is -4.99. The first-order valence-corrected chi connectivity index (χ1v) is 4.35. The normalized spacial score (nSPS) is 26.4. The fraction of sp³-hybridized carbons (Fsp3) is 0.750. The Hall–Kier alpha value is -1.11. The zero-order chi connectivity index (χ0) is 11.6. The van der Waals surface area contributed by atoms with Crippen LogP contribution in [-0.4, -0.2) is 30.2 Å². The van der Waals surface area contributed by atoms with Crippen LogP contribution in [0.5, 0.6) is 0 Å². The molecule has 4 nitrogen and oxygen atoms in total. The highest BCUT2D eigenvalue weighted by molar-refractivity contribution is 5.82. The van der Waals surface area contributed by atoms with Gasteiger partial charge in [-0.25, -0.2) is 4.79 Å². The molecule has 0 aromatic carbocycles. The lowest BCUT2D eigenvalue weighted by molar-refractivity contribution is -0.205. The summed E-state index contributed by atoms with van der Waals surface area (Å²) >= 11 is 0. The zero-order valence-corrected chi connectivity index (χ0v) is 7.93. The van der Waals surface area contributed by atoms with E-state index in [1.54, 1.807) is 0 Å². The second-order valence-corrected chi connectivity index (χ2v) is 3.30. The van der Waals surface area contributed by atoms with Crippen LogP contribution in [-0.2, 0) is 14.3 Å². The van der Waals surface area contributed by atoms with Crippen molar-refractivity contribution in [1.82, 2.24) is 5.32 Å². The average Bonchev–Trinajstić information content (AvgIpc) is 2.50. The molecular formula is C8H10F3NO3. The van der Waals surface area contributed by atoms with Crippen LogP contribution >= 0.6 is 0 Å². The van der Waals surface area contributed by atoms with Crippen LogP contribution in [0.4, 0.5) is 13.2 Å². The van der Waals surface area contributed by atoms with E-state index in [0.29, 0.717) is 6.42 Å². The number of nitrogens with one attached hydrogen (secondary N) is 1. The molecule has 2 atom stereocenters. The monoisotopic (exact) mass is 225 g/mol. The van der Waals surface area contributed by atoms with Crippen molar-refractivity contribution in [3.8, 4) is 0 Å². The Morgan fingerprint density at radius 2 is 1.93 bits per heavy atom. The Morgan fingerprint density at radius 3 is 2.33 bits per heavy atom. The van der Waals surface area contributed by atoms with Gasteiger partial charge in [-0.05, 0) is 13.3 Å². The van der Waals surface area contributed by atoms with Crippen LogP contribution in [0.15, 0.2) is 0 Å². The minimum Gasteiger partial charge on any atom is -0.440 e. The second-order valence-electron chi connectivity index (χ2n) is 3.30. The molecule has 1 aliphatic heterocycles. The van der Waals surface area contributed by atoms with Gasteiger partial charge in [-0.1, -0.05) is 0 Å². The maximum atomic E-state index is 11.8. The van der Waals surface area contributed by atoms with E-state index >= 15 is 0 Å². The lowest BCUT2D eigenvalue weighted by Crippen LogP contribution is -2.39. The van der Waals surface area contributed by atoms with E-state index in [1.807, 2.05) is 0 Å². The van der Waals surface area contributed by atoms with Gasteiger partial charge in [0.25, 0.3) is 0 Å². The number of carbonyl (C=O) groups excluding carboxylic acids is 2. The zero-order valence-electron chi connectivity index (χ0n) is 7.93. The first-order valence-electron chi connectivity index (χ1n) is 4.35. The number of esters is 1. The lowest BCUT2D eigenvalue weighted by Gasteiger charge is -2.14. The smallest absolute Gasteiger partial charge is 0.440 e. The number of carbonyl (C=O) groups is 2. The molecule has 1 aliphatic rings. The van der Waals surface area contributed by atoms with Crippen molar-refractivity contribution in [2.45, 2.75) is 38.2 Å². The molecule has 1 saturated heterocycles. The summed E-state index contributed by atoms with van der Waals surface area (Å²) < 4.78 is 39.5. The minimum absolute atomic E-state index is 0.180. The maximum absolute atomic E-state index is 11.8. The number of hydrogen-bond acceptors (Lipinski definition) is 4. The highest BCUT2D eigenvalue weighted by Gasteiger charge is 2.43. The van der Waals surface area contributed by atoms with E-state index in [-0.39, 0.29) is 12.2 Å². The third kappa shape index (κ3) is 3.19. The highest BCUT2D eigenvalue weighted by Crippen LogP contribution is 2.20. The predicted molar refractivity (Wildman–Crippen MR) is 42.8 cm³/mol. The van der Waals surface area contributed by atoms with Crippen molar-refractivity contribution in [3.63, 3.8) is 0 Å². The molecule has 1 fully saturated rings. The molecule has 0 radical (unpaired) electrons. The Balaban J connectivity index is 2.43. The molecule has 1 rings (SSSR count). The van der Waals surface area contributed by atoms with E-state index in [1.165, 1.54) is 6.92 Å². The van der Waals surface area contributed by atoms with Crippen LogP contribution in [0.25, 0.3) is 0 Å². The molecule has 1 heterocycles. The summed E-state index contributed by atoms with van der Waals surface area (Å²) in [5, 5.41) is 2.50. The van der Waals surface area contributed by atoms with Crippen LogP contribution in [0.3, 0.4) is 0 Å². The van der Waals surface area contributed by atoms with Crippen molar-refractivity contribution in [2.75, 3.05) is 0 Å². The predicted octanol–water partition coefficient (Wildman–Crippen LogP) is 0.759. The van der Waals surface area contributed by atoms with Crippen molar-refractivity contribution in [1.29, 1.82) is 0 Å². The molecule has 0 aromatic heterocycles. The number of alkyl halides is 3. The van der Waals surface area contributed by atoms with Gasteiger partial charge in [0.1, 0.15) is 5.78 Å². The van der Waals surface area contributed by atoms with Crippen molar-refractivity contribution in [2.24, 2.45) is 0 Å². The standard InChI is InChI=1S/C8H10F3NO3/c1-4(13)5-2-3-6(12-5)15-7(14)8(9,10)11/h5-6,12H,2-3H2,1H3. The topological polar surface area (TPSA) is 55.4 Å². The fourth-order valence-corrected chi connectivity index (χ4v) is 1.32. The molecule has 0 saturated carbocycles. The largest absolute Gasteiger partial charge is 0.490 e. The third-order valence-corrected chi connectivity index (χ3v) is 2.08. The van der Waals surface area contributed by atoms with Crippen LogP contribution < -0.4 is 5.32 Å². The van der Waals surface area contributed by atoms with Gasteiger partial charge in [-0.3, -0.25) is 10.1 Å². The fourth-order valence-electron chi connectivity index (χ4n) is 1.32. The second kappa shape index (κ2) is 4.18. The molecule has 15 heavy (non-hydrogen) atoms. The molecule has 7 heteroatoms. The number of halogens is 3. The number of hydrogen-bond donors (Lipinski definition) is 1. The summed E-state index contributed by atoms with van der Waals surface area (Å²) in [6.07, 6.45) is -5.42. The van der Waals surface area contributed by atoms with Crippen LogP contribution in [0.2, 0.25) is 0 Å². The van der Waals surface area contributed by atoms with Crippen molar-refractivity contribution in [3.05, 3.63) is 0 Å². The number of ketones is 1. The van der Waals surface area contributed by atoms with E-state index in [2.05, 4.69) is 10.1 Å². The molecule has 1 N–H and O–H groups in total. The molecule has 0 spiro atoms. The Kier molecular flexibility index (Phi) is 3.33. The average molecular weight is 225 g/mol. The van der Waals surface area contributed by atoms with Gasteiger partial charge in [-0.2, -0.15) is 13.2 Å². The van der Waals surface area contributed by atoms with E-state index in [9.17, 15) is 22.8 Å². The molecule has 0 aliphatic carbocycles. The van der Waals surface area contributed by atoms with Gasteiger partial charge in [0, 0.05) is 6.42 Å². The van der Waals surface area contributed by atoms with Gasteiger partial charge in [-0.15, -0.1) is 0 Å². The number of ether oxygens (including phenoxy) is 1. The van der Waals surface area contributed by atoms with Crippen LogP contribution in [0, 0.1) is 0 Å². The summed E-state index contributed by atoms with van der Waals surface area (Å²) in [5.41, 5.74) is 0. The third-order valence-electron chi connectivity index (χ3n) is 2.08. The van der Waals surface area contributed by atoms with Crippen molar-refractivity contribution < 1.29 is 27.5 Å². The quantitative estimate of drug-likeness (QED) is 0.705. The van der Waals surface area contributed by atoms with E-state index < -0.39 is 24.4 Å². The molecular weight excluding hydrogens is 215 g/mol. The van der Waals surface area contributed by atoms with Crippen molar-refractivity contribution >= 4 is 11.8 Å². The van der Waals surface area contributed by atoms with Gasteiger partial charge in [0.15, 0.2) is 6.23 Å². The Bertz CT molecular complexity index is 277. The Labute approximate surface area is 83.8 Å². The summed E-state index contributed by atoms with van der Waals surface area (Å²) in [6, 6.07) is -0.518. The SMILES string of the molecule is CC(=O)C1CCC(OC(=O)C(F)(F)F)N1. The Morgan fingerprint density at radius 1 is 1.33 bits per heavy atom. The first kappa shape index (κ1) is 12.0. The molecule has 86 valence electrons. The molecule has 2 unspecified atom stereocenters. The summed E-state index contributed by atoms with van der Waals surface area (Å²) in [6.45, 7) is 1.33. The highest BCUT2D eigenvalue weighted by atomic mass is 19.4. The molecule has 0 aromatic rings.